The number of nitrogens with one attached hydrogen (secondary N) is 2. The molecule has 8 heteroatoms. The van der Waals surface area contributed by atoms with Gasteiger partial charge >= 0.3 is 6.03 Å². The number of carbonyl (C=O) groups excluding carboxylic acids is 3. The summed E-state index contributed by atoms with van der Waals surface area (Å²) in [5.74, 6) is -0.299. The SMILES string of the molecule is CCN(CC)C(=O)N1CCN(CC(=O)Nc2ccccc2C(=O)NC2CC2)CC1. The molecule has 0 radical (unpaired) electrons. The van der Waals surface area contributed by atoms with Gasteiger partial charge in [-0.2, -0.15) is 0 Å². The second kappa shape index (κ2) is 9.73. The van der Waals surface area contributed by atoms with E-state index in [4.69, 9.17) is 0 Å². The van der Waals surface area contributed by atoms with Crippen molar-refractivity contribution in [2.45, 2.75) is 32.7 Å². The van der Waals surface area contributed by atoms with Crippen LogP contribution in [0.1, 0.15) is 37.0 Å². The lowest BCUT2D eigenvalue weighted by Gasteiger charge is -2.36. The molecule has 0 unspecified atom stereocenters. The number of rotatable bonds is 7. The molecule has 8 nitrogen and oxygen atoms in total. The number of amides is 4. The summed E-state index contributed by atoms with van der Waals surface area (Å²) in [5, 5.41) is 5.83. The first-order valence-electron chi connectivity index (χ1n) is 10.5. The highest BCUT2D eigenvalue weighted by Gasteiger charge is 2.26. The van der Waals surface area contributed by atoms with E-state index in [2.05, 4.69) is 10.6 Å². The summed E-state index contributed by atoms with van der Waals surface area (Å²) in [7, 11) is 0. The molecule has 29 heavy (non-hydrogen) atoms. The molecule has 0 atom stereocenters. The molecule has 158 valence electrons. The van der Waals surface area contributed by atoms with Crippen molar-refractivity contribution < 1.29 is 14.4 Å². The van der Waals surface area contributed by atoms with Crippen LogP contribution in [-0.2, 0) is 4.79 Å². The maximum Gasteiger partial charge on any atom is 0.320 e. The average molecular weight is 402 g/mol. The maximum atomic E-state index is 12.5. The van der Waals surface area contributed by atoms with Crippen molar-refractivity contribution >= 4 is 23.5 Å². The maximum absolute atomic E-state index is 12.5. The van der Waals surface area contributed by atoms with Crippen LogP contribution >= 0.6 is 0 Å². The van der Waals surface area contributed by atoms with Gasteiger partial charge in [0.25, 0.3) is 5.91 Å². The van der Waals surface area contributed by atoms with Crippen LogP contribution in [0.25, 0.3) is 0 Å². The van der Waals surface area contributed by atoms with Gasteiger partial charge in [-0.25, -0.2) is 4.79 Å². The fourth-order valence-electron chi connectivity index (χ4n) is 3.47. The van der Waals surface area contributed by atoms with Crippen LogP contribution in [0.15, 0.2) is 24.3 Å². The largest absolute Gasteiger partial charge is 0.349 e. The van der Waals surface area contributed by atoms with Gasteiger partial charge in [-0.3, -0.25) is 14.5 Å². The summed E-state index contributed by atoms with van der Waals surface area (Å²) in [4.78, 5) is 43.0. The minimum absolute atomic E-state index is 0.0645. The predicted molar refractivity (Wildman–Crippen MR) is 112 cm³/mol. The van der Waals surface area contributed by atoms with Gasteiger partial charge in [0, 0.05) is 45.3 Å². The van der Waals surface area contributed by atoms with Crippen molar-refractivity contribution in [1.29, 1.82) is 0 Å². The van der Waals surface area contributed by atoms with Crippen molar-refractivity contribution in [3.63, 3.8) is 0 Å². The zero-order valence-electron chi connectivity index (χ0n) is 17.3. The van der Waals surface area contributed by atoms with E-state index >= 15 is 0 Å². The van der Waals surface area contributed by atoms with Gasteiger partial charge in [0.2, 0.25) is 5.91 Å². The molecule has 1 aliphatic carbocycles. The molecule has 2 aliphatic rings. The van der Waals surface area contributed by atoms with Gasteiger partial charge in [0.05, 0.1) is 17.8 Å². The minimum Gasteiger partial charge on any atom is -0.349 e. The summed E-state index contributed by atoms with van der Waals surface area (Å²) in [6, 6.07) is 7.41. The number of benzene rings is 1. The van der Waals surface area contributed by atoms with Gasteiger partial charge in [0.15, 0.2) is 0 Å². The Labute approximate surface area is 172 Å². The number of anilines is 1. The Bertz CT molecular complexity index is 738. The van der Waals surface area contributed by atoms with Crippen LogP contribution in [0.2, 0.25) is 0 Å². The Kier molecular flexibility index (Phi) is 7.09. The first-order valence-corrected chi connectivity index (χ1v) is 10.5. The minimum atomic E-state index is -0.153. The third-order valence-electron chi connectivity index (χ3n) is 5.40. The van der Waals surface area contributed by atoms with Crippen LogP contribution in [0, 0.1) is 0 Å². The van der Waals surface area contributed by atoms with Crippen molar-refractivity contribution in [1.82, 2.24) is 20.0 Å². The van der Waals surface area contributed by atoms with E-state index in [1.807, 2.05) is 28.5 Å². The quantitative estimate of drug-likeness (QED) is 0.727. The van der Waals surface area contributed by atoms with E-state index < -0.39 is 0 Å². The summed E-state index contributed by atoms with van der Waals surface area (Å²) >= 11 is 0. The van der Waals surface area contributed by atoms with Gasteiger partial charge in [-0.1, -0.05) is 12.1 Å². The first-order chi connectivity index (χ1) is 14.0. The number of urea groups is 1. The number of hydrogen-bond acceptors (Lipinski definition) is 4. The zero-order valence-corrected chi connectivity index (χ0v) is 17.3. The van der Waals surface area contributed by atoms with E-state index in [1.54, 1.807) is 24.3 Å². The highest BCUT2D eigenvalue weighted by atomic mass is 16.2. The molecule has 0 spiro atoms. The van der Waals surface area contributed by atoms with Crippen molar-refractivity contribution in [3.8, 4) is 0 Å². The van der Waals surface area contributed by atoms with Gasteiger partial charge in [-0.05, 0) is 38.8 Å². The Hall–Kier alpha value is -2.61. The van der Waals surface area contributed by atoms with Crippen LogP contribution in [0.4, 0.5) is 10.5 Å². The van der Waals surface area contributed by atoms with E-state index in [-0.39, 0.29) is 30.4 Å². The summed E-state index contributed by atoms with van der Waals surface area (Å²) < 4.78 is 0. The topological polar surface area (TPSA) is 85.0 Å². The lowest BCUT2D eigenvalue weighted by atomic mass is 10.1. The highest BCUT2D eigenvalue weighted by molar-refractivity contribution is 6.04. The number of nitrogens with zero attached hydrogens (tertiary/aromatic N) is 3. The molecule has 1 aromatic carbocycles. The van der Waals surface area contributed by atoms with E-state index in [9.17, 15) is 14.4 Å². The molecule has 1 saturated heterocycles. The zero-order chi connectivity index (χ0) is 20.8. The molecule has 0 bridgehead atoms. The summed E-state index contributed by atoms with van der Waals surface area (Å²) in [6.07, 6.45) is 2.03. The van der Waals surface area contributed by atoms with Gasteiger partial charge < -0.3 is 20.4 Å². The Balaban J connectivity index is 1.49. The molecule has 3 rings (SSSR count). The van der Waals surface area contributed by atoms with Crippen molar-refractivity contribution in [3.05, 3.63) is 29.8 Å². The van der Waals surface area contributed by atoms with E-state index in [0.29, 0.717) is 50.5 Å². The van der Waals surface area contributed by atoms with Crippen molar-refractivity contribution in [2.75, 3.05) is 51.1 Å². The van der Waals surface area contributed by atoms with Crippen LogP contribution in [-0.4, -0.2) is 84.4 Å². The number of para-hydroxylation sites is 1. The molecule has 2 N–H and O–H groups in total. The molecule has 4 amide bonds. The molecule has 1 aromatic rings. The van der Waals surface area contributed by atoms with Crippen molar-refractivity contribution in [2.24, 2.45) is 0 Å². The number of hydrogen-bond donors (Lipinski definition) is 2. The monoisotopic (exact) mass is 401 g/mol. The number of carbonyl (C=O) groups is 3. The van der Waals surface area contributed by atoms with Gasteiger partial charge in [0.1, 0.15) is 0 Å². The van der Waals surface area contributed by atoms with E-state index in [1.165, 1.54) is 0 Å². The Morgan fingerprint density at radius 3 is 2.31 bits per heavy atom. The second-order valence-corrected chi connectivity index (χ2v) is 7.56. The van der Waals surface area contributed by atoms with E-state index in [0.717, 1.165) is 12.8 Å². The normalized spacial score (nSPS) is 17.0. The second-order valence-electron chi connectivity index (χ2n) is 7.56. The lowest BCUT2D eigenvalue weighted by Crippen LogP contribution is -2.53. The standard InChI is InChI=1S/C21H31N5O3/c1-3-25(4-2)21(29)26-13-11-24(12-14-26)15-19(27)23-18-8-6-5-7-17(18)20(28)22-16-9-10-16/h5-8,16H,3-4,9-15H2,1-2H3,(H,22,28)(H,23,27). The lowest BCUT2D eigenvalue weighted by molar-refractivity contribution is -0.117. The smallest absolute Gasteiger partial charge is 0.320 e. The molecule has 2 fully saturated rings. The molecular weight excluding hydrogens is 370 g/mol. The van der Waals surface area contributed by atoms with Gasteiger partial charge in [-0.15, -0.1) is 0 Å². The number of piperazine rings is 1. The molecule has 1 heterocycles. The molecule has 1 aliphatic heterocycles. The fraction of sp³-hybridized carbons (Fsp3) is 0.571. The molecular formula is C21H31N5O3. The first kappa shape index (κ1) is 21.1. The van der Waals surface area contributed by atoms with Crippen LogP contribution in [0.3, 0.4) is 0 Å². The highest BCUT2D eigenvalue weighted by Crippen LogP contribution is 2.21. The third-order valence-corrected chi connectivity index (χ3v) is 5.40. The fourth-order valence-corrected chi connectivity index (χ4v) is 3.47. The third kappa shape index (κ3) is 5.69. The van der Waals surface area contributed by atoms with Crippen LogP contribution in [0.5, 0.6) is 0 Å². The predicted octanol–water partition coefficient (Wildman–Crippen LogP) is 1.60. The summed E-state index contributed by atoms with van der Waals surface area (Å²) in [5.41, 5.74) is 1.02. The summed E-state index contributed by atoms with van der Waals surface area (Å²) in [6.45, 7) is 8.14. The molecule has 0 aromatic heterocycles. The Morgan fingerprint density at radius 2 is 1.69 bits per heavy atom. The van der Waals surface area contributed by atoms with Crippen LogP contribution < -0.4 is 10.6 Å². The molecule has 1 saturated carbocycles. The Morgan fingerprint density at radius 1 is 1.03 bits per heavy atom. The average Bonchev–Trinajstić information content (AvgIpc) is 3.53.